The topological polar surface area (TPSA) is 46.6 Å². The lowest BCUT2D eigenvalue weighted by Gasteiger charge is -2.21. The summed E-state index contributed by atoms with van der Waals surface area (Å²) in [5, 5.41) is 2.10. The Morgan fingerprint density at radius 3 is 2.95 bits per heavy atom. The van der Waals surface area contributed by atoms with Crippen LogP contribution in [0.1, 0.15) is 39.3 Å². The molecule has 0 bridgehead atoms. The molecule has 20 heavy (non-hydrogen) atoms. The SMILES string of the molecule is CCC(N)Cc1c(N2CCC(C)(C)C2)nc2sccn12. The van der Waals surface area contributed by atoms with E-state index >= 15 is 0 Å². The molecular weight excluding hydrogens is 268 g/mol. The van der Waals surface area contributed by atoms with Crippen LogP contribution in [-0.2, 0) is 6.42 Å². The van der Waals surface area contributed by atoms with Gasteiger partial charge < -0.3 is 10.6 Å². The van der Waals surface area contributed by atoms with Gasteiger partial charge in [-0.15, -0.1) is 11.3 Å². The van der Waals surface area contributed by atoms with Crippen LogP contribution >= 0.6 is 11.3 Å². The molecule has 0 saturated carbocycles. The molecule has 1 fully saturated rings. The summed E-state index contributed by atoms with van der Waals surface area (Å²) in [5.41, 5.74) is 7.86. The molecule has 2 N–H and O–H groups in total. The molecule has 5 heteroatoms. The summed E-state index contributed by atoms with van der Waals surface area (Å²) in [5.74, 6) is 1.16. The van der Waals surface area contributed by atoms with Gasteiger partial charge in [0.15, 0.2) is 10.8 Å². The van der Waals surface area contributed by atoms with Gasteiger partial charge in [0.05, 0.1) is 5.69 Å². The molecule has 1 saturated heterocycles. The molecule has 1 atom stereocenters. The number of fused-ring (bicyclic) bond motifs is 1. The lowest BCUT2D eigenvalue weighted by atomic mass is 9.93. The van der Waals surface area contributed by atoms with E-state index < -0.39 is 0 Å². The predicted octanol–water partition coefficient (Wildman–Crippen LogP) is 2.91. The Kier molecular flexibility index (Phi) is 3.50. The van der Waals surface area contributed by atoms with E-state index in [1.54, 1.807) is 11.3 Å². The molecule has 0 amide bonds. The lowest BCUT2D eigenvalue weighted by Crippen LogP contribution is -2.27. The minimum Gasteiger partial charge on any atom is -0.355 e. The first-order chi connectivity index (χ1) is 9.50. The fraction of sp³-hybridized carbons (Fsp3) is 0.667. The number of hydrogen-bond acceptors (Lipinski definition) is 4. The van der Waals surface area contributed by atoms with Gasteiger partial charge in [0, 0.05) is 37.1 Å². The van der Waals surface area contributed by atoms with Crippen LogP contribution in [0.25, 0.3) is 4.96 Å². The zero-order valence-electron chi connectivity index (χ0n) is 12.6. The fourth-order valence-electron chi connectivity index (χ4n) is 2.95. The van der Waals surface area contributed by atoms with E-state index in [-0.39, 0.29) is 6.04 Å². The van der Waals surface area contributed by atoms with Crippen LogP contribution in [0.5, 0.6) is 0 Å². The zero-order chi connectivity index (χ0) is 14.3. The highest BCUT2D eigenvalue weighted by atomic mass is 32.1. The quantitative estimate of drug-likeness (QED) is 0.942. The maximum Gasteiger partial charge on any atom is 0.195 e. The van der Waals surface area contributed by atoms with Crippen LogP contribution < -0.4 is 10.6 Å². The highest BCUT2D eigenvalue weighted by Gasteiger charge is 2.32. The number of aromatic nitrogens is 2. The third-order valence-corrected chi connectivity index (χ3v) is 5.05. The van der Waals surface area contributed by atoms with Crippen LogP contribution in [-0.4, -0.2) is 28.5 Å². The van der Waals surface area contributed by atoms with E-state index in [4.69, 9.17) is 10.7 Å². The van der Waals surface area contributed by atoms with Crippen LogP contribution in [0.15, 0.2) is 11.6 Å². The largest absolute Gasteiger partial charge is 0.355 e. The van der Waals surface area contributed by atoms with E-state index in [0.717, 1.165) is 36.7 Å². The molecule has 3 heterocycles. The molecule has 1 aliphatic heterocycles. The molecule has 1 unspecified atom stereocenters. The lowest BCUT2D eigenvalue weighted by molar-refractivity contribution is 0.418. The van der Waals surface area contributed by atoms with Crippen LogP contribution in [0.4, 0.5) is 5.82 Å². The van der Waals surface area contributed by atoms with Gasteiger partial charge in [-0.1, -0.05) is 20.8 Å². The first-order valence-electron chi connectivity index (χ1n) is 7.45. The molecule has 2 aromatic rings. The van der Waals surface area contributed by atoms with Crippen molar-refractivity contribution in [2.75, 3.05) is 18.0 Å². The smallest absolute Gasteiger partial charge is 0.195 e. The number of nitrogens with zero attached hydrogens (tertiary/aromatic N) is 3. The fourth-order valence-corrected chi connectivity index (χ4v) is 3.68. The van der Waals surface area contributed by atoms with Crippen LogP contribution in [0.3, 0.4) is 0 Å². The van der Waals surface area contributed by atoms with Crippen molar-refractivity contribution in [3.63, 3.8) is 0 Å². The third-order valence-electron chi connectivity index (χ3n) is 4.30. The van der Waals surface area contributed by atoms with Crippen molar-refractivity contribution < 1.29 is 0 Å². The van der Waals surface area contributed by atoms with Gasteiger partial charge in [-0.2, -0.15) is 0 Å². The third kappa shape index (κ3) is 2.44. The first-order valence-corrected chi connectivity index (χ1v) is 8.33. The highest BCUT2D eigenvalue weighted by Crippen LogP contribution is 2.35. The number of imidazole rings is 1. The molecule has 0 aliphatic carbocycles. The molecule has 0 radical (unpaired) electrons. The average molecular weight is 292 g/mol. The molecule has 4 nitrogen and oxygen atoms in total. The number of anilines is 1. The number of thiazole rings is 1. The minimum absolute atomic E-state index is 0.212. The predicted molar refractivity (Wildman–Crippen MR) is 85.7 cm³/mol. The van der Waals surface area contributed by atoms with Gasteiger partial charge >= 0.3 is 0 Å². The Morgan fingerprint density at radius 1 is 1.50 bits per heavy atom. The van der Waals surface area contributed by atoms with Crippen molar-refractivity contribution in [2.45, 2.75) is 46.1 Å². The van der Waals surface area contributed by atoms with Gasteiger partial charge in [-0.05, 0) is 18.3 Å². The summed E-state index contributed by atoms with van der Waals surface area (Å²) in [4.78, 5) is 8.39. The monoisotopic (exact) mass is 292 g/mol. The second-order valence-corrected chi connectivity index (χ2v) is 7.52. The van der Waals surface area contributed by atoms with Gasteiger partial charge in [0.25, 0.3) is 0 Å². The highest BCUT2D eigenvalue weighted by molar-refractivity contribution is 7.15. The Morgan fingerprint density at radius 2 is 2.30 bits per heavy atom. The Hall–Kier alpha value is -1.07. The summed E-state index contributed by atoms with van der Waals surface area (Å²) >= 11 is 1.70. The van der Waals surface area contributed by atoms with Crippen molar-refractivity contribution in [1.82, 2.24) is 9.38 Å². The van der Waals surface area contributed by atoms with E-state index in [9.17, 15) is 0 Å². The summed E-state index contributed by atoms with van der Waals surface area (Å²) in [6, 6.07) is 0.212. The normalized spacial score (nSPS) is 19.9. The second-order valence-electron chi connectivity index (χ2n) is 6.65. The molecule has 0 aromatic carbocycles. The summed E-state index contributed by atoms with van der Waals surface area (Å²) in [6.45, 7) is 9.01. The Balaban J connectivity index is 1.97. The van der Waals surface area contributed by atoms with Gasteiger partial charge in [0.2, 0.25) is 0 Å². The summed E-state index contributed by atoms with van der Waals surface area (Å²) < 4.78 is 2.22. The zero-order valence-corrected chi connectivity index (χ0v) is 13.4. The molecule has 1 aliphatic rings. The van der Waals surface area contributed by atoms with Crippen molar-refractivity contribution in [1.29, 1.82) is 0 Å². The summed E-state index contributed by atoms with van der Waals surface area (Å²) in [7, 11) is 0. The second kappa shape index (κ2) is 5.04. The minimum atomic E-state index is 0.212. The molecule has 2 aromatic heterocycles. The van der Waals surface area contributed by atoms with Crippen molar-refractivity contribution in [2.24, 2.45) is 11.1 Å². The van der Waals surface area contributed by atoms with Gasteiger partial charge in [0.1, 0.15) is 0 Å². The average Bonchev–Trinajstić information content (AvgIpc) is 3.05. The van der Waals surface area contributed by atoms with E-state index in [0.29, 0.717) is 5.41 Å². The Labute approximate surface area is 124 Å². The number of nitrogens with two attached hydrogens (primary N) is 1. The first kappa shape index (κ1) is 13.9. The molecule has 110 valence electrons. The van der Waals surface area contributed by atoms with Crippen LogP contribution in [0, 0.1) is 5.41 Å². The molecular formula is C15H24N4S. The van der Waals surface area contributed by atoms with Crippen molar-refractivity contribution in [3.05, 3.63) is 17.3 Å². The standard InChI is InChI=1S/C15H24N4S/c1-4-11(16)9-12-13(17-14-19(12)7-8-20-14)18-6-5-15(2,3)10-18/h7-8,11H,4-6,9-10,16H2,1-3H3. The maximum absolute atomic E-state index is 6.19. The summed E-state index contributed by atoms with van der Waals surface area (Å²) in [6.07, 6.45) is 5.26. The van der Waals surface area contributed by atoms with Crippen molar-refractivity contribution in [3.8, 4) is 0 Å². The van der Waals surface area contributed by atoms with Gasteiger partial charge in [-0.3, -0.25) is 4.40 Å². The van der Waals surface area contributed by atoms with E-state index in [1.807, 2.05) is 0 Å². The molecule has 0 spiro atoms. The van der Waals surface area contributed by atoms with E-state index in [2.05, 4.69) is 41.6 Å². The molecule has 3 rings (SSSR count). The van der Waals surface area contributed by atoms with E-state index in [1.165, 1.54) is 12.1 Å². The maximum atomic E-state index is 6.19. The number of hydrogen-bond donors (Lipinski definition) is 1. The number of rotatable bonds is 4. The van der Waals surface area contributed by atoms with Crippen LogP contribution in [0.2, 0.25) is 0 Å². The van der Waals surface area contributed by atoms with Gasteiger partial charge in [-0.25, -0.2) is 4.98 Å². The van der Waals surface area contributed by atoms with Crippen molar-refractivity contribution >= 4 is 22.1 Å². The Bertz CT molecular complexity index is 598.